The zero-order valence-electron chi connectivity index (χ0n) is 10.2. The number of benzene rings is 1. The summed E-state index contributed by atoms with van der Waals surface area (Å²) in [5.74, 6) is 0.458. The third-order valence-electron chi connectivity index (χ3n) is 2.45. The van der Waals surface area contributed by atoms with Gasteiger partial charge >= 0.3 is 0 Å². The smallest absolute Gasteiger partial charge is 0.256 e. The number of nitrogens with one attached hydrogen (secondary N) is 1. The highest BCUT2D eigenvalue weighted by atomic mass is 127. The predicted octanol–water partition coefficient (Wildman–Crippen LogP) is 3.56. The first kappa shape index (κ1) is 13.0. The predicted molar refractivity (Wildman–Crippen MR) is 80.8 cm³/mol. The number of anilines is 1. The van der Waals surface area contributed by atoms with Crippen LogP contribution in [0.3, 0.4) is 0 Å². The molecule has 2 rings (SSSR count). The molecule has 1 amide bonds. The van der Waals surface area contributed by atoms with E-state index in [1.54, 1.807) is 12.1 Å². The Balaban J connectivity index is 2.18. The fourth-order valence-corrected chi connectivity index (χ4v) is 2.05. The number of carbonyl (C=O) groups is 1. The first-order valence-corrected chi connectivity index (χ1v) is 6.65. The van der Waals surface area contributed by atoms with Gasteiger partial charge < -0.3 is 5.32 Å². The Morgan fingerprint density at radius 3 is 2.44 bits per heavy atom. The van der Waals surface area contributed by atoms with Crippen LogP contribution in [0.4, 0.5) is 5.82 Å². The Hall–Kier alpha value is -1.43. The Kier molecular flexibility index (Phi) is 3.96. The number of pyridine rings is 1. The lowest BCUT2D eigenvalue weighted by molar-refractivity contribution is 0.102. The van der Waals surface area contributed by atoms with Crippen molar-refractivity contribution in [3.63, 3.8) is 0 Å². The highest BCUT2D eigenvalue weighted by molar-refractivity contribution is 14.1. The summed E-state index contributed by atoms with van der Waals surface area (Å²) in [6.45, 7) is 3.89. The van der Waals surface area contributed by atoms with E-state index < -0.39 is 0 Å². The van der Waals surface area contributed by atoms with Crippen LogP contribution in [0.25, 0.3) is 0 Å². The van der Waals surface area contributed by atoms with Gasteiger partial charge in [-0.15, -0.1) is 0 Å². The summed E-state index contributed by atoms with van der Waals surface area (Å²) in [6, 6.07) is 11.3. The van der Waals surface area contributed by atoms with Gasteiger partial charge in [-0.1, -0.05) is 0 Å². The molecule has 1 N–H and O–H groups in total. The molecule has 1 aromatic heterocycles. The number of carbonyl (C=O) groups excluding carboxylic acids is 1. The molecule has 0 fully saturated rings. The Morgan fingerprint density at radius 1 is 1.17 bits per heavy atom. The highest BCUT2D eigenvalue weighted by Gasteiger charge is 2.07. The second-order valence-electron chi connectivity index (χ2n) is 4.13. The van der Waals surface area contributed by atoms with Gasteiger partial charge in [0.05, 0.1) is 0 Å². The SMILES string of the molecule is Cc1cc(C)nc(NC(=O)c2ccc(I)cc2)c1. The maximum Gasteiger partial charge on any atom is 0.256 e. The van der Waals surface area contributed by atoms with Crippen molar-refractivity contribution in [2.75, 3.05) is 5.32 Å². The standard InChI is InChI=1S/C14H13IN2O/c1-9-7-10(2)16-13(8-9)17-14(18)11-3-5-12(15)6-4-11/h3-8H,1-2H3,(H,16,17,18). The van der Waals surface area contributed by atoms with E-state index in [-0.39, 0.29) is 5.91 Å². The van der Waals surface area contributed by atoms with Crippen LogP contribution in [0.1, 0.15) is 21.6 Å². The third kappa shape index (κ3) is 3.29. The van der Waals surface area contributed by atoms with Crippen LogP contribution < -0.4 is 5.32 Å². The van der Waals surface area contributed by atoms with E-state index in [2.05, 4.69) is 32.9 Å². The zero-order valence-corrected chi connectivity index (χ0v) is 12.4. The number of hydrogen-bond acceptors (Lipinski definition) is 2. The summed E-state index contributed by atoms with van der Waals surface area (Å²) in [5, 5.41) is 2.81. The number of halogens is 1. The molecule has 0 saturated carbocycles. The molecule has 2 aromatic rings. The van der Waals surface area contributed by atoms with Crippen LogP contribution >= 0.6 is 22.6 Å². The van der Waals surface area contributed by atoms with Gasteiger partial charge in [-0.3, -0.25) is 4.79 Å². The molecule has 0 radical (unpaired) electrons. The summed E-state index contributed by atoms with van der Waals surface area (Å²) < 4.78 is 1.11. The first-order chi connectivity index (χ1) is 8.54. The molecule has 18 heavy (non-hydrogen) atoms. The monoisotopic (exact) mass is 352 g/mol. The molecule has 1 aromatic carbocycles. The molecular formula is C14H13IN2O. The van der Waals surface area contributed by atoms with Gasteiger partial charge in [0, 0.05) is 14.8 Å². The number of nitrogens with zero attached hydrogens (tertiary/aromatic N) is 1. The van der Waals surface area contributed by atoms with Crippen LogP contribution in [0, 0.1) is 17.4 Å². The minimum absolute atomic E-state index is 0.135. The van der Waals surface area contributed by atoms with Crippen molar-refractivity contribution < 1.29 is 4.79 Å². The van der Waals surface area contributed by atoms with Crippen molar-refractivity contribution in [3.05, 3.63) is 56.8 Å². The average molecular weight is 352 g/mol. The minimum Gasteiger partial charge on any atom is -0.307 e. The second-order valence-corrected chi connectivity index (χ2v) is 5.38. The van der Waals surface area contributed by atoms with Crippen molar-refractivity contribution in [2.24, 2.45) is 0 Å². The number of rotatable bonds is 2. The fraction of sp³-hybridized carbons (Fsp3) is 0.143. The lowest BCUT2D eigenvalue weighted by atomic mass is 10.2. The van der Waals surface area contributed by atoms with E-state index in [1.165, 1.54) is 0 Å². The van der Waals surface area contributed by atoms with Gasteiger partial charge in [0.1, 0.15) is 5.82 Å². The van der Waals surface area contributed by atoms with Crippen molar-refractivity contribution in [1.82, 2.24) is 4.98 Å². The van der Waals surface area contributed by atoms with E-state index in [0.29, 0.717) is 11.4 Å². The van der Waals surface area contributed by atoms with Crippen molar-refractivity contribution >= 4 is 34.3 Å². The number of aromatic nitrogens is 1. The molecule has 1 heterocycles. The highest BCUT2D eigenvalue weighted by Crippen LogP contribution is 2.12. The molecule has 0 saturated heterocycles. The maximum atomic E-state index is 12.0. The van der Waals surface area contributed by atoms with Crippen molar-refractivity contribution in [1.29, 1.82) is 0 Å². The molecular weight excluding hydrogens is 339 g/mol. The molecule has 0 aliphatic heterocycles. The van der Waals surface area contributed by atoms with Crippen LogP contribution in [0.15, 0.2) is 36.4 Å². The molecule has 0 atom stereocenters. The maximum absolute atomic E-state index is 12.0. The number of amides is 1. The van der Waals surface area contributed by atoms with E-state index in [4.69, 9.17) is 0 Å². The Labute approximate surface area is 120 Å². The van der Waals surface area contributed by atoms with Gasteiger partial charge in [-0.05, 0) is 78.4 Å². The van der Waals surface area contributed by atoms with Gasteiger partial charge in [0.2, 0.25) is 0 Å². The summed E-state index contributed by atoms with van der Waals surface area (Å²) in [4.78, 5) is 16.3. The first-order valence-electron chi connectivity index (χ1n) is 5.57. The third-order valence-corrected chi connectivity index (χ3v) is 3.16. The average Bonchev–Trinajstić information content (AvgIpc) is 2.28. The summed E-state index contributed by atoms with van der Waals surface area (Å²) in [6.07, 6.45) is 0. The molecule has 3 nitrogen and oxygen atoms in total. The van der Waals surface area contributed by atoms with Crippen molar-refractivity contribution in [2.45, 2.75) is 13.8 Å². The van der Waals surface area contributed by atoms with Crippen molar-refractivity contribution in [3.8, 4) is 0 Å². The molecule has 0 bridgehead atoms. The largest absolute Gasteiger partial charge is 0.307 e. The van der Waals surface area contributed by atoms with Crippen LogP contribution in [0.2, 0.25) is 0 Å². The summed E-state index contributed by atoms with van der Waals surface area (Å²) in [7, 11) is 0. The number of aryl methyl sites for hydroxylation is 2. The van der Waals surface area contributed by atoms with Crippen LogP contribution in [-0.2, 0) is 0 Å². The zero-order chi connectivity index (χ0) is 13.1. The fourth-order valence-electron chi connectivity index (χ4n) is 1.70. The normalized spacial score (nSPS) is 10.2. The number of hydrogen-bond donors (Lipinski definition) is 1. The van der Waals surface area contributed by atoms with Gasteiger partial charge in [-0.25, -0.2) is 4.98 Å². The van der Waals surface area contributed by atoms with E-state index in [0.717, 1.165) is 14.8 Å². The Morgan fingerprint density at radius 2 is 1.83 bits per heavy atom. The van der Waals surface area contributed by atoms with Gasteiger partial charge in [-0.2, -0.15) is 0 Å². The quantitative estimate of drug-likeness (QED) is 0.840. The minimum atomic E-state index is -0.135. The summed E-state index contributed by atoms with van der Waals surface area (Å²) >= 11 is 2.21. The Bertz CT molecular complexity index is 559. The molecule has 0 unspecified atom stereocenters. The van der Waals surface area contributed by atoms with Gasteiger partial charge in [0.15, 0.2) is 0 Å². The van der Waals surface area contributed by atoms with Crippen LogP contribution in [-0.4, -0.2) is 10.9 Å². The molecule has 0 aliphatic rings. The topological polar surface area (TPSA) is 42.0 Å². The molecule has 92 valence electrons. The lowest BCUT2D eigenvalue weighted by Crippen LogP contribution is -2.13. The molecule has 0 aliphatic carbocycles. The lowest BCUT2D eigenvalue weighted by Gasteiger charge is -2.06. The van der Waals surface area contributed by atoms with E-state index in [9.17, 15) is 4.79 Å². The van der Waals surface area contributed by atoms with Gasteiger partial charge in [0.25, 0.3) is 5.91 Å². The van der Waals surface area contributed by atoms with E-state index in [1.807, 2.05) is 38.1 Å². The summed E-state index contributed by atoms with van der Waals surface area (Å²) in [5.41, 5.74) is 2.62. The van der Waals surface area contributed by atoms with Crippen LogP contribution in [0.5, 0.6) is 0 Å². The van der Waals surface area contributed by atoms with E-state index >= 15 is 0 Å². The second kappa shape index (κ2) is 5.48. The molecule has 0 spiro atoms. The molecule has 4 heteroatoms.